The second kappa shape index (κ2) is 5.93. The average Bonchev–Trinajstić information content (AvgIpc) is 2.94. The summed E-state index contributed by atoms with van der Waals surface area (Å²) in [4.78, 5) is 20.9. The smallest absolute Gasteiger partial charge is 0.347 e. The Labute approximate surface area is 130 Å². The largest absolute Gasteiger partial charge is 0.477 e. The summed E-state index contributed by atoms with van der Waals surface area (Å²) < 4.78 is 0. The van der Waals surface area contributed by atoms with Gasteiger partial charge in [-0.15, -0.1) is 0 Å². The van der Waals surface area contributed by atoms with E-state index in [1.54, 1.807) is 0 Å². The molecule has 1 fully saturated rings. The van der Waals surface area contributed by atoms with Crippen molar-refractivity contribution in [3.63, 3.8) is 0 Å². The zero-order valence-corrected chi connectivity index (χ0v) is 14.3. The van der Waals surface area contributed by atoms with Gasteiger partial charge in [0.1, 0.15) is 4.88 Å². The lowest BCUT2D eigenvalue weighted by molar-refractivity contribution is 0.0699. The van der Waals surface area contributed by atoms with Crippen LogP contribution in [0.1, 0.15) is 42.6 Å². The number of anilines is 1. The van der Waals surface area contributed by atoms with Crippen LogP contribution in [0.25, 0.3) is 0 Å². The first-order chi connectivity index (χ1) is 9.68. The monoisotopic (exact) mass is 311 g/mol. The van der Waals surface area contributed by atoms with Crippen LogP contribution < -0.4 is 4.90 Å². The third kappa shape index (κ3) is 3.74. The van der Waals surface area contributed by atoms with Crippen molar-refractivity contribution in [3.8, 4) is 0 Å². The van der Waals surface area contributed by atoms with Gasteiger partial charge in [-0.2, -0.15) is 0 Å². The minimum Gasteiger partial charge on any atom is -0.477 e. The molecule has 1 aromatic rings. The SMILES string of the molecule is CN1CCC(CN(C)c2nc(C(C)(C)C)c(C(=O)O)s2)C1. The van der Waals surface area contributed by atoms with Crippen molar-refractivity contribution in [1.82, 2.24) is 9.88 Å². The lowest BCUT2D eigenvalue weighted by Crippen LogP contribution is -2.27. The lowest BCUT2D eigenvalue weighted by Gasteiger charge is -2.20. The average molecular weight is 311 g/mol. The Balaban J connectivity index is 2.18. The predicted molar refractivity (Wildman–Crippen MR) is 86.6 cm³/mol. The van der Waals surface area contributed by atoms with Crippen molar-refractivity contribution in [3.05, 3.63) is 10.6 Å². The van der Waals surface area contributed by atoms with Gasteiger partial charge in [0.25, 0.3) is 0 Å². The molecule has 0 radical (unpaired) electrons. The number of thiazole rings is 1. The van der Waals surface area contributed by atoms with E-state index in [1.807, 2.05) is 27.8 Å². The standard InChI is InChI=1S/C15H25N3O2S/c1-15(2,3)12-11(13(19)20)21-14(16-12)18(5)9-10-6-7-17(4)8-10/h10H,6-9H2,1-5H3,(H,19,20). The summed E-state index contributed by atoms with van der Waals surface area (Å²) in [5, 5.41) is 10.2. The molecule has 1 N–H and O–H groups in total. The number of carboxylic acid groups (broad SMARTS) is 1. The van der Waals surface area contributed by atoms with Crippen molar-refractivity contribution in [2.24, 2.45) is 5.92 Å². The fraction of sp³-hybridized carbons (Fsp3) is 0.733. The summed E-state index contributed by atoms with van der Waals surface area (Å²) in [6, 6.07) is 0. The highest BCUT2D eigenvalue weighted by Gasteiger charge is 2.29. The third-order valence-electron chi connectivity index (χ3n) is 3.87. The van der Waals surface area contributed by atoms with Gasteiger partial charge >= 0.3 is 5.97 Å². The van der Waals surface area contributed by atoms with Gasteiger partial charge < -0.3 is 14.9 Å². The Kier molecular flexibility index (Phi) is 4.58. The Morgan fingerprint density at radius 3 is 2.62 bits per heavy atom. The number of hydrogen-bond acceptors (Lipinski definition) is 5. The van der Waals surface area contributed by atoms with Crippen LogP contribution in [0, 0.1) is 5.92 Å². The van der Waals surface area contributed by atoms with Crippen LogP contribution in [0.2, 0.25) is 0 Å². The zero-order chi connectivity index (χ0) is 15.8. The molecule has 1 aliphatic heterocycles. The van der Waals surface area contributed by atoms with Gasteiger partial charge in [-0.05, 0) is 25.9 Å². The van der Waals surface area contributed by atoms with E-state index in [0.29, 0.717) is 16.5 Å². The third-order valence-corrected chi connectivity index (χ3v) is 5.03. The molecule has 5 nitrogen and oxygen atoms in total. The van der Waals surface area contributed by atoms with Crippen LogP contribution in [-0.2, 0) is 5.41 Å². The zero-order valence-electron chi connectivity index (χ0n) is 13.5. The lowest BCUT2D eigenvalue weighted by atomic mass is 9.91. The number of nitrogens with zero attached hydrogens (tertiary/aromatic N) is 3. The van der Waals surface area contributed by atoms with Crippen molar-refractivity contribution in [1.29, 1.82) is 0 Å². The van der Waals surface area contributed by atoms with Crippen molar-refractivity contribution in [2.45, 2.75) is 32.6 Å². The molecule has 0 aliphatic carbocycles. The van der Waals surface area contributed by atoms with Crippen LogP contribution >= 0.6 is 11.3 Å². The molecular weight excluding hydrogens is 286 g/mol. The fourth-order valence-electron chi connectivity index (χ4n) is 2.77. The summed E-state index contributed by atoms with van der Waals surface area (Å²) >= 11 is 1.29. The number of rotatable bonds is 4. The van der Waals surface area contributed by atoms with Gasteiger partial charge in [-0.3, -0.25) is 0 Å². The maximum atomic E-state index is 11.4. The summed E-state index contributed by atoms with van der Waals surface area (Å²) in [6.45, 7) is 9.19. The van der Waals surface area contributed by atoms with E-state index in [-0.39, 0.29) is 5.41 Å². The van der Waals surface area contributed by atoms with Crippen molar-refractivity contribution >= 4 is 22.4 Å². The van der Waals surface area contributed by atoms with Crippen LogP contribution in [0.4, 0.5) is 5.13 Å². The highest BCUT2D eigenvalue weighted by atomic mass is 32.1. The van der Waals surface area contributed by atoms with E-state index in [2.05, 4.69) is 21.8 Å². The topological polar surface area (TPSA) is 56.7 Å². The Hall–Kier alpha value is -1.14. The molecule has 0 aromatic carbocycles. The highest BCUT2D eigenvalue weighted by Crippen LogP contribution is 2.34. The van der Waals surface area contributed by atoms with Gasteiger partial charge in [-0.1, -0.05) is 32.1 Å². The summed E-state index contributed by atoms with van der Waals surface area (Å²) in [5.41, 5.74) is 0.432. The number of carboxylic acids is 1. The predicted octanol–water partition coefficient (Wildman–Crippen LogP) is 2.53. The molecular formula is C15H25N3O2S. The first-order valence-electron chi connectivity index (χ1n) is 7.32. The summed E-state index contributed by atoms with van der Waals surface area (Å²) in [7, 11) is 4.15. The quantitative estimate of drug-likeness (QED) is 0.926. The van der Waals surface area contributed by atoms with E-state index >= 15 is 0 Å². The molecule has 0 bridgehead atoms. The molecule has 0 saturated carbocycles. The number of carbonyl (C=O) groups is 1. The first-order valence-corrected chi connectivity index (χ1v) is 8.14. The van der Waals surface area contributed by atoms with Gasteiger partial charge in [0.15, 0.2) is 5.13 Å². The Morgan fingerprint density at radius 1 is 1.52 bits per heavy atom. The molecule has 118 valence electrons. The van der Waals surface area contributed by atoms with E-state index in [4.69, 9.17) is 0 Å². The Bertz CT molecular complexity index is 521. The first kappa shape index (κ1) is 16.2. The van der Waals surface area contributed by atoms with Crippen LogP contribution in [0.5, 0.6) is 0 Å². The van der Waals surface area contributed by atoms with Gasteiger partial charge in [0, 0.05) is 25.6 Å². The molecule has 6 heteroatoms. The molecule has 2 heterocycles. The van der Waals surface area contributed by atoms with Crippen LogP contribution in [-0.4, -0.2) is 54.7 Å². The molecule has 1 aromatic heterocycles. The molecule has 1 atom stereocenters. The molecule has 0 spiro atoms. The maximum absolute atomic E-state index is 11.4. The van der Waals surface area contributed by atoms with E-state index in [1.165, 1.54) is 17.8 Å². The van der Waals surface area contributed by atoms with Crippen LogP contribution in [0.15, 0.2) is 0 Å². The van der Waals surface area contributed by atoms with Gasteiger partial charge in [0.2, 0.25) is 0 Å². The number of aromatic nitrogens is 1. The highest BCUT2D eigenvalue weighted by molar-refractivity contribution is 7.17. The van der Waals surface area contributed by atoms with E-state index in [9.17, 15) is 9.90 Å². The number of aromatic carboxylic acids is 1. The minimum absolute atomic E-state index is 0.253. The van der Waals surface area contributed by atoms with E-state index < -0.39 is 5.97 Å². The molecule has 1 aliphatic rings. The molecule has 1 unspecified atom stereocenters. The Morgan fingerprint density at radius 2 is 2.19 bits per heavy atom. The van der Waals surface area contributed by atoms with Gasteiger partial charge in [-0.25, -0.2) is 9.78 Å². The number of hydrogen-bond donors (Lipinski definition) is 1. The maximum Gasteiger partial charge on any atom is 0.347 e. The molecule has 21 heavy (non-hydrogen) atoms. The fourth-order valence-corrected chi connectivity index (χ4v) is 3.85. The summed E-state index contributed by atoms with van der Waals surface area (Å²) in [6.07, 6.45) is 1.20. The minimum atomic E-state index is -0.877. The molecule has 0 amide bonds. The van der Waals surface area contributed by atoms with E-state index in [0.717, 1.165) is 24.8 Å². The normalized spacial score (nSPS) is 20.0. The molecule has 1 saturated heterocycles. The van der Waals surface area contributed by atoms with Crippen molar-refractivity contribution in [2.75, 3.05) is 38.6 Å². The molecule has 2 rings (SSSR count). The van der Waals surface area contributed by atoms with Gasteiger partial charge in [0.05, 0.1) is 5.69 Å². The summed E-state index contributed by atoms with van der Waals surface area (Å²) in [5.74, 6) is -0.243. The van der Waals surface area contributed by atoms with Crippen LogP contribution in [0.3, 0.4) is 0 Å². The number of likely N-dealkylation sites (tertiary alicyclic amines) is 1. The second-order valence-corrected chi connectivity index (χ2v) is 8.00. The second-order valence-electron chi connectivity index (χ2n) is 7.03. The van der Waals surface area contributed by atoms with Crippen molar-refractivity contribution < 1.29 is 9.90 Å².